The summed E-state index contributed by atoms with van der Waals surface area (Å²) in [6.07, 6.45) is 10.2. The fourth-order valence-corrected chi connectivity index (χ4v) is 4.61. The SMILES string of the molecule is CN(C)Cc1ccc([C@H]2CC[C@H](N(C)C(=O)OC3CCCCC3)CC2)cc1. The third-order valence-corrected chi connectivity index (χ3v) is 6.30. The summed E-state index contributed by atoms with van der Waals surface area (Å²) in [6, 6.07) is 9.44. The number of ether oxygens (including phenoxy) is 1. The number of carbonyl (C=O) groups is 1. The molecule has 1 aromatic rings. The van der Waals surface area contributed by atoms with Gasteiger partial charge in [-0.1, -0.05) is 30.7 Å². The van der Waals surface area contributed by atoms with Gasteiger partial charge in [0.05, 0.1) is 0 Å². The average Bonchev–Trinajstić information content (AvgIpc) is 2.68. The van der Waals surface area contributed by atoms with E-state index in [1.165, 1.54) is 30.4 Å². The molecule has 4 nitrogen and oxygen atoms in total. The van der Waals surface area contributed by atoms with Gasteiger partial charge in [0, 0.05) is 19.6 Å². The fraction of sp³-hybridized carbons (Fsp3) is 0.696. The molecule has 2 saturated carbocycles. The minimum Gasteiger partial charge on any atom is -0.446 e. The van der Waals surface area contributed by atoms with Crippen molar-refractivity contribution < 1.29 is 9.53 Å². The summed E-state index contributed by atoms with van der Waals surface area (Å²) in [4.78, 5) is 16.6. The first-order valence-corrected chi connectivity index (χ1v) is 10.7. The zero-order valence-electron chi connectivity index (χ0n) is 17.3. The highest BCUT2D eigenvalue weighted by Crippen LogP contribution is 2.35. The molecule has 0 bridgehead atoms. The van der Waals surface area contributed by atoms with E-state index in [1.54, 1.807) is 0 Å². The smallest absolute Gasteiger partial charge is 0.410 e. The standard InChI is InChI=1S/C23H36N2O2/c1-24(2)17-18-9-11-19(12-10-18)20-13-15-21(16-14-20)25(3)23(26)27-22-7-5-4-6-8-22/h9-12,20-22H,4-8,13-17H2,1-3H3/t20-,21-. The van der Waals surface area contributed by atoms with E-state index >= 15 is 0 Å². The van der Waals surface area contributed by atoms with Crippen LogP contribution in [0.5, 0.6) is 0 Å². The topological polar surface area (TPSA) is 32.8 Å². The van der Waals surface area contributed by atoms with Crippen LogP contribution in [0.3, 0.4) is 0 Å². The van der Waals surface area contributed by atoms with Crippen LogP contribution >= 0.6 is 0 Å². The predicted octanol–water partition coefficient (Wildman–Crippen LogP) is 5.18. The van der Waals surface area contributed by atoms with Crippen molar-refractivity contribution >= 4 is 6.09 Å². The number of carbonyl (C=O) groups excluding carboxylic acids is 1. The first-order valence-electron chi connectivity index (χ1n) is 10.7. The molecule has 2 aliphatic rings. The molecule has 0 heterocycles. The van der Waals surface area contributed by atoms with Crippen LogP contribution in [-0.4, -0.2) is 49.2 Å². The molecule has 0 radical (unpaired) electrons. The Kier molecular flexibility index (Phi) is 7.17. The van der Waals surface area contributed by atoms with Crippen molar-refractivity contribution in [3.8, 4) is 0 Å². The van der Waals surface area contributed by atoms with Crippen LogP contribution in [0.1, 0.15) is 74.8 Å². The second-order valence-corrected chi connectivity index (χ2v) is 8.74. The summed E-state index contributed by atoms with van der Waals surface area (Å²) >= 11 is 0. The first kappa shape index (κ1) is 20.2. The van der Waals surface area contributed by atoms with Crippen molar-refractivity contribution in [2.24, 2.45) is 0 Å². The molecule has 2 aliphatic carbocycles. The maximum absolute atomic E-state index is 12.5. The van der Waals surface area contributed by atoms with Gasteiger partial charge in [0.15, 0.2) is 0 Å². The molecule has 27 heavy (non-hydrogen) atoms. The number of hydrogen-bond acceptors (Lipinski definition) is 3. The van der Waals surface area contributed by atoms with Crippen LogP contribution in [0.4, 0.5) is 4.79 Å². The van der Waals surface area contributed by atoms with E-state index in [1.807, 2.05) is 11.9 Å². The summed E-state index contributed by atoms with van der Waals surface area (Å²) in [5.41, 5.74) is 2.81. The van der Waals surface area contributed by atoms with E-state index in [2.05, 4.69) is 43.3 Å². The maximum Gasteiger partial charge on any atom is 0.410 e. The van der Waals surface area contributed by atoms with Crippen LogP contribution in [0, 0.1) is 0 Å². The van der Waals surface area contributed by atoms with Crippen LogP contribution in [0.2, 0.25) is 0 Å². The number of benzene rings is 1. The van der Waals surface area contributed by atoms with Crippen molar-refractivity contribution in [3.05, 3.63) is 35.4 Å². The third-order valence-electron chi connectivity index (χ3n) is 6.30. The van der Waals surface area contributed by atoms with Gasteiger partial charge in [-0.3, -0.25) is 0 Å². The van der Waals surface area contributed by atoms with Crippen LogP contribution < -0.4 is 0 Å². The van der Waals surface area contributed by atoms with Gasteiger partial charge in [-0.15, -0.1) is 0 Å². The fourth-order valence-electron chi connectivity index (χ4n) is 4.61. The minimum atomic E-state index is -0.113. The number of amides is 1. The molecule has 3 rings (SSSR count). The highest BCUT2D eigenvalue weighted by Gasteiger charge is 2.29. The summed E-state index contributed by atoms with van der Waals surface area (Å²) < 4.78 is 5.75. The molecule has 1 aromatic carbocycles. The molecule has 4 heteroatoms. The normalized spacial score (nSPS) is 24.0. The molecule has 0 N–H and O–H groups in total. The summed E-state index contributed by atoms with van der Waals surface area (Å²) in [7, 11) is 6.13. The molecular formula is C23H36N2O2. The lowest BCUT2D eigenvalue weighted by Gasteiger charge is -2.35. The zero-order chi connectivity index (χ0) is 19.2. The number of rotatable bonds is 5. The van der Waals surface area contributed by atoms with Gasteiger partial charge in [0.2, 0.25) is 0 Å². The van der Waals surface area contributed by atoms with E-state index in [0.29, 0.717) is 12.0 Å². The van der Waals surface area contributed by atoms with Crippen molar-refractivity contribution in [3.63, 3.8) is 0 Å². The third kappa shape index (κ3) is 5.71. The van der Waals surface area contributed by atoms with E-state index in [4.69, 9.17) is 4.74 Å². The molecule has 0 atom stereocenters. The second kappa shape index (κ2) is 9.59. The Labute approximate surface area is 164 Å². The van der Waals surface area contributed by atoms with E-state index in [0.717, 1.165) is 45.1 Å². The Balaban J connectivity index is 1.46. The number of nitrogens with zero attached hydrogens (tertiary/aromatic N) is 2. The van der Waals surface area contributed by atoms with Gasteiger partial charge < -0.3 is 14.5 Å². The Morgan fingerprint density at radius 1 is 0.926 bits per heavy atom. The summed E-state index contributed by atoms with van der Waals surface area (Å²) in [5, 5.41) is 0. The van der Waals surface area contributed by atoms with E-state index in [-0.39, 0.29) is 12.2 Å². The Morgan fingerprint density at radius 2 is 1.56 bits per heavy atom. The molecule has 150 valence electrons. The largest absolute Gasteiger partial charge is 0.446 e. The molecule has 1 amide bonds. The van der Waals surface area contributed by atoms with Gasteiger partial charge in [-0.2, -0.15) is 0 Å². The average molecular weight is 373 g/mol. The van der Waals surface area contributed by atoms with Gasteiger partial charge in [0.1, 0.15) is 6.10 Å². The van der Waals surface area contributed by atoms with Crippen molar-refractivity contribution in [1.29, 1.82) is 0 Å². The van der Waals surface area contributed by atoms with Gasteiger partial charge in [-0.25, -0.2) is 4.79 Å². The van der Waals surface area contributed by atoms with Crippen molar-refractivity contribution in [2.75, 3.05) is 21.1 Å². The summed E-state index contributed by atoms with van der Waals surface area (Å²) in [6.45, 7) is 0.987. The second-order valence-electron chi connectivity index (χ2n) is 8.74. The highest BCUT2D eigenvalue weighted by atomic mass is 16.6. The minimum absolute atomic E-state index is 0.113. The first-order chi connectivity index (χ1) is 13.0. The quantitative estimate of drug-likeness (QED) is 0.714. The maximum atomic E-state index is 12.5. The predicted molar refractivity (Wildman–Crippen MR) is 110 cm³/mol. The molecular weight excluding hydrogens is 336 g/mol. The number of hydrogen-bond donors (Lipinski definition) is 0. The van der Waals surface area contributed by atoms with Crippen LogP contribution in [0.15, 0.2) is 24.3 Å². The highest BCUT2D eigenvalue weighted by molar-refractivity contribution is 5.67. The van der Waals surface area contributed by atoms with E-state index in [9.17, 15) is 4.79 Å². The molecule has 0 spiro atoms. The zero-order valence-corrected chi connectivity index (χ0v) is 17.3. The summed E-state index contributed by atoms with van der Waals surface area (Å²) in [5.74, 6) is 0.623. The van der Waals surface area contributed by atoms with Gasteiger partial charge in [0.25, 0.3) is 0 Å². The molecule has 0 saturated heterocycles. The Hall–Kier alpha value is -1.55. The molecule has 0 unspecified atom stereocenters. The van der Waals surface area contributed by atoms with Gasteiger partial charge >= 0.3 is 6.09 Å². The van der Waals surface area contributed by atoms with Crippen LogP contribution in [0.25, 0.3) is 0 Å². The Bertz CT molecular complexity index is 585. The lowest BCUT2D eigenvalue weighted by molar-refractivity contribution is 0.0378. The van der Waals surface area contributed by atoms with Crippen LogP contribution in [-0.2, 0) is 11.3 Å². The Morgan fingerprint density at radius 3 is 2.15 bits per heavy atom. The van der Waals surface area contributed by atoms with Crippen molar-refractivity contribution in [2.45, 2.75) is 82.4 Å². The molecule has 0 aliphatic heterocycles. The van der Waals surface area contributed by atoms with E-state index < -0.39 is 0 Å². The van der Waals surface area contributed by atoms with Gasteiger partial charge in [-0.05, 0) is 82.5 Å². The molecule has 2 fully saturated rings. The molecule has 0 aromatic heterocycles. The van der Waals surface area contributed by atoms with Crippen molar-refractivity contribution in [1.82, 2.24) is 9.80 Å². The lowest BCUT2D eigenvalue weighted by atomic mass is 9.81. The monoisotopic (exact) mass is 372 g/mol. The lowest BCUT2D eigenvalue weighted by Crippen LogP contribution is -2.41.